The fourth-order valence-electron chi connectivity index (χ4n) is 4.98. The number of ketones is 1. The van der Waals surface area contributed by atoms with Crippen LogP contribution in [0.25, 0.3) is 11.1 Å². The number of carbonyl (C=O) groups is 1. The fourth-order valence-corrected chi connectivity index (χ4v) is 4.98. The molecule has 158 valence electrons. The van der Waals surface area contributed by atoms with Crippen LogP contribution in [0.1, 0.15) is 68.3 Å². The van der Waals surface area contributed by atoms with E-state index in [1.807, 2.05) is 50.2 Å². The summed E-state index contributed by atoms with van der Waals surface area (Å²) in [6.45, 7) is 4.00. The summed E-state index contributed by atoms with van der Waals surface area (Å²) in [5, 5.41) is 9.15. The van der Waals surface area contributed by atoms with Crippen LogP contribution in [0.4, 0.5) is 0 Å². The van der Waals surface area contributed by atoms with Gasteiger partial charge >= 0.3 is 0 Å². The lowest BCUT2D eigenvalue weighted by molar-refractivity contribution is 0.0755. The summed E-state index contributed by atoms with van der Waals surface area (Å²) in [4.78, 5) is 13.0. The lowest BCUT2D eigenvalue weighted by atomic mass is 9.74. The second-order valence-electron chi connectivity index (χ2n) is 8.19. The number of nitriles is 1. The Hall–Kier alpha value is -3.12. The van der Waals surface area contributed by atoms with Crippen LogP contribution in [0.2, 0.25) is 0 Å². The van der Waals surface area contributed by atoms with Crippen molar-refractivity contribution in [3.8, 4) is 22.9 Å². The lowest BCUT2D eigenvalue weighted by Gasteiger charge is -2.37. The molecular weight excluding hydrogens is 382 g/mol. The molecule has 0 fully saturated rings. The molecule has 31 heavy (non-hydrogen) atoms. The van der Waals surface area contributed by atoms with Crippen molar-refractivity contribution in [1.29, 1.82) is 5.26 Å². The molecule has 0 saturated carbocycles. The zero-order valence-corrected chi connectivity index (χ0v) is 18.4. The van der Waals surface area contributed by atoms with Gasteiger partial charge in [0.1, 0.15) is 11.9 Å². The Labute approximate surface area is 185 Å². The monoisotopic (exact) mass is 411 g/mol. The number of Topliss-reactive ketones (excluding diaryl/α,β-unsaturated/α-hetero) is 1. The molecule has 0 saturated heterocycles. The summed E-state index contributed by atoms with van der Waals surface area (Å²) >= 11 is 0. The molecule has 1 aliphatic heterocycles. The van der Waals surface area contributed by atoms with E-state index in [-0.39, 0.29) is 11.9 Å². The maximum absolute atomic E-state index is 13.0. The van der Waals surface area contributed by atoms with Crippen molar-refractivity contribution in [3.05, 3.63) is 76.9 Å². The fraction of sp³-hybridized carbons (Fsp3) is 0.357. The van der Waals surface area contributed by atoms with Gasteiger partial charge in [-0.1, -0.05) is 49.8 Å². The third kappa shape index (κ3) is 4.21. The minimum Gasteiger partial charge on any atom is -0.489 e. The van der Waals surface area contributed by atoms with Gasteiger partial charge in [0.05, 0.1) is 17.2 Å². The summed E-state index contributed by atoms with van der Waals surface area (Å²) in [5.74, 6) is 1.17. The summed E-state index contributed by atoms with van der Waals surface area (Å²) in [6.07, 6.45) is 10.7. The Morgan fingerprint density at radius 3 is 2.74 bits per heavy atom. The van der Waals surface area contributed by atoms with Gasteiger partial charge in [0.2, 0.25) is 0 Å². The number of benzene rings is 2. The van der Waals surface area contributed by atoms with E-state index in [9.17, 15) is 4.79 Å². The van der Waals surface area contributed by atoms with Crippen LogP contribution in [0.3, 0.4) is 0 Å². The molecule has 0 spiro atoms. The molecule has 2 aliphatic carbocycles. The molecule has 1 heterocycles. The van der Waals surface area contributed by atoms with Crippen LogP contribution in [-0.2, 0) is 0 Å². The van der Waals surface area contributed by atoms with E-state index in [1.54, 1.807) is 11.6 Å². The summed E-state index contributed by atoms with van der Waals surface area (Å²) in [5.41, 5.74) is 6.15. The molecule has 5 rings (SSSR count). The zero-order chi connectivity index (χ0) is 21.8. The number of carbonyl (C=O) groups excluding carboxylic acids is 1. The maximum Gasteiger partial charge on any atom is 0.170 e. The maximum atomic E-state index is 13.0. The number of hydrogen-bond acceptors (Lipinski definition) is 3. The smallest absolute Gasteiger partial charge is 0.170 e. The molecule has 2 unspecified atom stereocenters. The highest BCUT2D eigenvalue weighted by Crippen LogP contribution is 2.42. The van der Waals surface area contributed by atoms with Crippen molar-refractivity contribution in [3.63, 3.8) is 0 Å². The molecule has 2 aromatic carbocycles. The van der Waals surface area contributed by atoms with Gasteiger partial charge in [-0.15, -0.1) is 0 Å². The summed E-state index contributed by atoms with van der Waals surface area (Å²) in [6, 6.07) is 15.5. The van der Waals surface area contributed by atoms with E-state index in [0.29, 0.717) is 29.2 Å². The predicted molar refractivity (Wildman–Crippen MR) is 124 cm³/mol. The van der Waals surface area contributed by atoms with E-state index in [0.717, 1.165) is 30.4 Å². The Morgan fingerprint density at radius 2 is 1.90 bits per heavy atom. The van der Waals surface area contributed by atoms with Crippen LogP contribution in [-0.4, -0.2) is 11.9 Å². The highest BCUT2D eigenvalue weighted by atomic mass is 16.5. The number of allylic oxidation sites excluding steroid dienone is 3. The van der Waals surface area contributed by atoms with E-state index in [1.165, 1.54) is 18.4 Å². The molecule has 3 heteroatoms. The molecule has 0 bridgehead atoms. The first-order valence-corrected chi connectivity index (χ1v) is 11.5. The second kappa shape index (κ2) is 9.35. The van der Waals surface area contributed by atoms with Crippen LogP contribution in [0, 0.1) is 17.2 Å². The highest BCUT2D eigenvalue weighted by molar-refractivity contribution is 6.01. The van der Waals surface area contributed by atoms with Crippen molar-refractivity contribution in [1.82, 2.24) is 0 Å². The van der Waals surface area contributed by atoms with Gasteiger partial charge < -0.3 is 4.74 Å². The second-order valence-corrected chi connectivity index (χ2v) is 8.19. The number of rotatable bonds is 2. The Kier molecular flexibility index (Phi) is 6.37. The normalized spacial score (nSPS) is 21.8. The first-order chi connectivity index (χ1) is 15.2. The molecular formula is C28H29NO2. The van der Waals surface area contributed by atoms with Crippen molar-refractivity contribution in [2.45, 2.75) is 58.5 Å². The van der Waals surface area contributed by atoms with Gasteiger partial charge in [-0.25, -0.2) is 0 Å². The minimum absolute atomic E-state index is 0.0733. The summed E-state index contributed by atoms with van der Waals surface area (Å²) in [7, 11) is 0. The van der Waals surface area contributed by atoms with Gasteiger partial charge in [-0.3, -0.25) is 4.79 Å². The molecule has 2 aromatic rings. The van der Waals surface area contributed by atoms with E-state index in [2.05, 4.69) is 18.2 Å². The quantitative estimate of drug-likeness (QED) is 0.533. The average Bonchev–Trinajstić information content (AvgIpc) is 2.84. The van der Waals surface area contributed by atoms with Crippen LogP contribution < -0.4 is 4.74 Å². The topological polar surface area (TPSA) is 50.1 Å². The van der Waals surface area contributed by atoms with Gasteiger partial charge in [-0.2, -0.15) is 5.26 Å². The van der Waals surface area contributed by atoms with E-state index in [4.69, 9.17) is 10.00 Å². The molecule has 0 aromatic heterocycles. The van der Waals surface area contributed by atoms with E-state index >= 15 is 0 Å². The van der Waals surface area contributed by atoms with Crippen molar-refractivity contribution in [2.75, 3.05) is 0 Å². The van der Waals surface area contributed by atoms with Gasteiger partial charge in [0.15, 0.2) is 5.78 Å². The van der Waals surface area contributed by atoms with Crippen molar-refractivity contribution < 1.29 is 9.53 Å². The average molecular weight is 412 g/mol. The minimum atomic E-state index is -0.0733. The first kappa shape index (κ1) is 21.1. The lowest BCUT2D eigenvalue weighted by Crippen LogP contribution is -2.36. The van der Waals surface area contributed by atoms with Crippen LogP contribution >= 0.6 is 0 Å². The van der Waals surface area contributed by atoms with Crippen LogP contribution in [0.5, 0.6) is 5.75 Å². The van der Waals surface area contributed by atoms with Crippen molar-refractivity contribution >= 4 is 5.78 Å². The Morgan fingerprint density at radius 1 is 1.06 bits per heavy atom. The molecule has 2 atom stereocenters. The Balaban J connectivity index is 0.00000112. The van der Waals surface area contributed by atoms with Crippen molar-refractivity contribution in [2.24, 2.45) is 5.92 Å². The number of fused-ring (bicyclic) bond motifs is 1. The van der Waals surface area contributed by atoms with Gasteiger partial charge in [0, 0.05) is 12.3 Å². The van der Waals surface area contributed by atoms with Crippen LogP contribution in [0.15, 0.2) is 65.8 Å². The molecule has 0 amide bonds. The first-order valence-electron chi connectivity index (χ1n) is 11.5. The number of hydrogen-bond donors (Lipinski definition) is 0. The molecule has 0 radical (unpaired) electrons. The third-order valence-corrected chi connectivity index (χ3v) is 6.43. The SMILES string of the molecule is CC.N#Cc1cccc(-c2ccc3c(c2)C(=O)CC(C2CCCC4=C2C=CCC4)O3)c1. The molecule has 0 N–H and O–H groups in total. The number of ether oxygens (including phenoxy) is 1. The van der Waals surface area contributed by atoms with E-state index < -0.39 is 0 Å². The molecule has 3 aliphatic rings. The summed E-state index contributed by atoms with van der Waals surface area (Å²) < 4.78 is 6.39. The largest absolute Gasteiger partial charge is 0.489 e. The third-order valence-electron chi connectivity index (χ3n) is 6.43. The number of nitrogens with zero attached hydrogens (tertiary/aromatic N) is 1. The van der Waals surface area contributed by atoms with Gasteiger partial charge in [0.25, 0.3) is 0 Å². The standard InChI is InChI=1S/C26H23NO2.C2H6/c27-16-17-5-3-8-19(13-17)20-11-12-25-23(14-20)24(28)15-26(29-25)22-10-4-7-18-6-1-2-9-21(18)22;1-2/h2-3,5,8-9,11-14,22,26H,1,4,6-7,10,15H2;1-2H3. The highest BCUT2D eigenvalue weighted by Gasteiger charge is 2.36. The molecule has 3 nitrogen and oxygen atoms in total. The zero-order valence-electron chi connectivity index (χ0n) is 18.4. The Bertz CT molecular complexity index is 1090. The van der Waals surface area contributed by atoms with Gasteiger partial charge in [-0.05, 0) is 73.1 Å². The predicted octanol–water partition coefficient (Wildman–Crippen LogP) is 7.03.